The van der Waals surface area contributed by atoms with E-state index < -0.39 is 0 Å². The summed E-state index contributed by atoms with van der Waals surface area (Å²) >= 11 is 0. The largest absolute Gasteiger partial charge is 0.497 e. The molecule has 3 aromatic rings. The van der Waals surface area contributed by atoms with Gasteiger partial charge >= 0.3 is 0 Å². The number of nitrogens with two attached hydrogens (primary N) is 1. The van der Waals surface area contributed by atoms with Gasteiger partial charge in [-0.1, -0.05) is 12.1 Å². The van der Waals surface area contributed by atoms with Crippen molar-refractivity contribution >= 4 is 12.2 Å². The molecular weight excluding hydrogens is 356 g/mol. The van der Waals surface area contributed by atoms with Crippen molar-refractivity contribution in [3.63, 3.8) is 0 Å². The van der Waals surface area contributed by atoms with Gasteiger partial charge in [0.2, 0.25) is 5.95 Å². The van der Waals surface area contributed by atoms with Gasteiger partial charge in [0.1, 0.15) is 12.4 Å². The van der Waals surface area contributed by atoms with Crippen molar-refractivity contribution < 1.29 is 14.2 Å². The van der Waals surface area contributed by atoms with Crippen LogP contribution in [0.3, 0.4) is 0 Å². The van der Waals surface area contributed by atoms with Gasteiger partial charge in [0.15, 0.2) is 11.5 Å². The van der Waals surface area contributed by atoms with E-state index in [4.69, 9.17) is 19.9 Å². The van der Waals surface area contributed by atoms with Gasteiger partial charge in [-0.3, -0.25) is 0 Å². The maximum absolute atomic E-state index is 5.96. The number of imidazole rings is 1. The zero-order chi connectivity index (χ0) is 19.9. The Morgan fingerprint density at radius 1 is 1.14 bits per heavy atom. The smallest absolute Gasteiger partial charge is 0.221 e. The Kier molecular flexibility index (Phi) is 6.16. The number of rotatable bonds is 8. The first-order valence-electron chi connectivity index (χ1n) is 8.97. The number of aryl methyl sites for hydroxylation is 1. The van der Waals surface area contributed by atoms with E-state index in [2.05, 4.69) is 10.1 Å². The van der Waals surface area contributed by atoms with Crippen molar-refractivity contribution in [1.29, 1.82) is 0 Å². The maximum atomic E-state index is 5.96. The van der Waals surface area contributed by atoms with Gasteiger partial charge in [-0.2, -0.15) is 5.10 Å². The summed E-state index contributed by atoms with van der Waals surface area (Å²) in [4.78, 5) is 4.12. The third-order valence-electron chi connectivity index (χ3n) is 3.96. The fourth-order valence-corrected chi connectivity index (χ4v) is 2.64. The molecule has 7 heteroatoms. The molecule has 7 nitrogen and oxygen atoms in total. The molecule has 0 aliphatic rings. The number of methoxy groups -OCH3 is 1. The first-order valence-corrected chi connectivity index (χ1v) is 8.97. The van der Waals surface area contributed by atoms with Gasteiger partial charge in [0.05, 0.1) is 31.8 Å². The molecule has 0 spiro atoms. The van der Waals surface area contributed by atoms with Crippen molar-refractivity contribution in [2.75, 3.05) is 19.5 Å². The van der Waals surface area contributed by atoms with Crippen LogP contribution in [0.15, 0.2) is 53.8 Å². The Morgan fingerprint density at radius 3 is 2.71 bits per heavy atom. The monoisotopic (exact) mass is 380 g/mol. The van der Waals surface area contributed by atoms with Crippen LogP contribution in [-0.2, 0) is 6.61 Å². The molecule has 0 atom stereocenters. The molecule has 28 heavy (non-hydrogen) atoms. The molecular formula is C21H24N4O3. The SMILES string of the molecule is CCOc1cc(C=Nn2cc(C)nc2N)ccc1OCc1cccc(OC)c1. The van der Waals surface area contributed by atoms with Crippen LogP contribution in [0, 0.1) is 6.92 Å². The van der Waals surface area contributed by atoms with Gasteiger partial charge in [0, 0.05) is 0 Å². The molecule has 0 saturated heterocycles. The van der Waals surface area contributed by atoms with Crippen LogP contribution in [0.5, 0.6) is 17.2 Å². The highest BCUT2D eigenvalue weighted by atomic mass is 16.5. The van der Waals surface area contributed by atoms with Crippen molar-refractivity contribution in [3.05, 3.63) is 65.5 Å². The number of benzene rings is 2. The Labute approximate surface area is 164 Å². The Morgan fingerprint density at radius 2 is 2.00 bits per heavy atom. The zero-order valence-electron chi connectivity index (χ0n) is 16.3. The summed E-state index contributed by atoms with van der Waals surface area (Å²) in [6.07, 6.45) is 3.47. The zero-order valence-corrected chi connectivity index (χ0v) is 16.3. The molecule has 1 aromatic heterocycles. The molecule has 0 amide bonds. The minimum absolute atomic E-state index is 0.344. The highest BCUT2D eigenvalue weighted by Crippen LogP contribution is 2.29. The standard InChI is InChI=1S/C21H24N4O3/c1-4-27-20-11-16(12-23-25-13-15(2)24-21(25)22)8-9-19(20)28-14-17-6-5-7-18(10-17)26-3/h5-13H,4,14H2,1-3H3,(H2,22,24). The minimum Gasteiger partial charge on any atom is -0.497 e. The summed E-state index contributed by atoms with van der Waals surface area (Å²) in [5, 5.41) is 4.33. The molecule has 146 valence electrons. The number of aromatic nitrogens is 2. The van der Waals surface area contributed by atoms with E-state index in [0.29, 0.717) is 30.7 Å². The van der Waals surface area contributed by atoms with Crippen molar-refractivity contribution in [2.45, 2.75) is 20.5 Å². The molecule has 0 fully saturated rings. The average Bonchev–Trinajstić information content (AvgIpc) is 3.03. The lowest BCUT2D eigenvalue weighted by atomic mass is 10.2. The van der Waals surface area contributed by atoms with Gasteiger partial charge in [-0.15, -0.1) is 0 Å². The molecule has 3 rings (SSSR count). The van der Waals surface area contributed by atoms with Crippen LogP contribution in [-0.4, -0.2) is 29.6 Å². The Bertz CT molecular complexity index is 966. The highest BCUT2D eigenvalue weighted by Gasteiger charge is 2.07. The summed E-state index contributed by atoms with van der Waals surface area (Å²) in [6, 6.07) is 13.4. The van der Waals surface area contributed by atoms with E-state index in [1.165, 1.54) is 4.68 Å². The average molecular weight is 380 g/mol. The number of hydrogen-bond acceptors (Lipinski definition) is 6. The van der Waals surface area contributed by atoms with Crippen molar-refractivity contribution in [2.24, 2.45) is 5.10 Å². The first kappa shape index (κ1) is 19.3. The third kappa shape index (κ3) is 4.82. The van der Waals surface area contributed by atoms with Gasteiger partial charge in [0.25, 0.3) is 0 Å². The van der Waals surface area contributed by atoms with Crippen LogP contribution in [0.1, 0.15) is 23.7 Å². The topological polar surface area (TPSA) is 83.9 Å². The molecule has 2 aromatic carbocycles. The van der Waals surface area contributed by atoms with Gasteiger partial charge in [-0.25, -0.2) is 9.66 Å². The lowest BCUT2D eigenvalue weighted by molar-refractivity contribution is 0.269. The van der Waals surface area contributed by atoms with E-state index in [-0.39, 0.29) is 0 Å². The quantitative estimate of drug-likeness (QED) is 0.603. The van der Waals surface area contributed by atoms with Crippen LogP contribution in [0.25, 0.3) is 0 Å². The maximum Gasteiger partial charge on any atom is 0.221 e. The number of nitrogen functional groups attached to an aromatic ring is 1. The van der Waals surface area contributed by atoms with Gasteiger partial charge < -0.3 is 19.9 Å². The second-order valence-corrected chi connectivity index (χ2v) is 6.11. The number of ether oxygens (including phenoxy) is 3. The molecule has 0 bridgehead atoms. The van der Waals surface area contributed by atoms with Crippen LogP contribution in [0.4, 0.5) is 5.95 Å². The second kappa shape index (κ2) is 8.94. The summed E-state index contributed by atoms with van der Waals surface area (Å²) in [5.41, 5.74) is 8.49. The van der Waals surface area contributed by atoms with Gasteiger partial charge in [-0.05, 0) is 55.3 Å². The first-order chi connectivity index (χ1) is 13.6. The van der Waals surface area contributed by atoms with E-state index in [0.717, 1.165) is 22.6 Å². The number of nitrogens with zero attached hydrogens (tertiary/aromatic N) is 3. The van der Waals surface area contributed by atoms with E-state index in [9.17, 15) is 0 Å². The van der Waals surface area contributed by atoms with E-state index in [1.807, 2.05) is 56.3 Å². The fraction of sp³-hybridized carbons (Fsp3) is 0.238. The molecule has 1 heterocycles. The Hall–Kier alpha value is -3.48. The van der Waals surface area contributed by atoms with E-state index >= 15 is 0 Å². The summed E-state index contributed by atoms with van der Waals surface area (Å²) < 4.78 is 18.5. The van der Waals surface area contributed by atoms with Crippen molar-refractivity contribution in [1.82, 2.24) is 9.66 Å². The fourth-order valence-electron chi connectivity index (χ4n) is 2.64. The predicted molar refractivity (Wildman–Crippen MR) is 109 cm³/mol. The second-order valence-electron chi connectivity index (χ2n) is 6.11. The third-order valence-corrected chi connectivity index (χ3v) is 3.96. The predicted octanol–water partition coefficient (Wildman–Crippen LogP) is 3.64. The molecule has 0 aliphatic carbocycles. The molecule has 0 radical (unpaired) electrons. The normalized spacial score (nSPS) is 11.0. The lowest BCUT2D eigenvalue weighted by Gasteiger charge is -2.13. The minimum atomic E-state index is 0.344. The molecule has 0 unspecified atom stereocenters. The number of hydrogen-bond donors (Lipinski definition) is 1. The summed E-state index contributed by atoms with van der Waals surface area (Å²) in [5.74, 6) is 2.47. The Balaban J connectivity index is 1.75. The molecule has 0 aliphatic heterocycles. The summed E-state index contributed by atoms with van der Waals surface area (Å²) in [6.45, 7) is 4.74. The van der Waals surface area contributed by atoms with Crippen LogP contribution in [0.2, 0.25) is 0 Å². The number of anilines is 1. The molecule has 2 N–H and O–H groups in total. The van der Waals surface area contributed by atoms with Crippen molar-refractivity contribution in [3.8, 4) is 17.2 Å². The lowest BCUT2D eigenvalue weighted by Crippen LogP contribution is -2.01. The summed E-state index contributed by atoms with van der Waals surface area (Å²) in [7, 11) is 1.65. The van der Waals surface area contributed by atoms with Crippen LogP contribution < -0.4 is 19.9 Å². The van der Waals surface area contributed by atoms with Crippen LogP contribution >= 0.6 is 0 Å². The van der Waals surface area contributed by atoms with E-state index in [1.54, 1.807) is 19.5 Å². The highest BCUT2D eigenvalue weighted by molar-refractivity contribution is 5.81. The molecule has 0 saturated carbocycles.